The molecule has 32 heavy (non-hydrogen) atoms. The number of anilines is 2. The molecule has 0 radical (unpaired) electrons. The minimum absolute atomic E-state index is 0.0533. The van der Waals surface area contributed by atoms with E-state index in [9.17, 15) is 18.0 Å². The molecule has 170 valence electrons. The molecule has 2 aliphatic rings. The van der Waals surface area contributed by atoms with Crippen LogP contribution in [0.15, 0.2) is 47.4 Å². The van der Waals surface area contributed by atoms with E-state index < -0.39 is 15.4 Å². The number of likely N-dealkylation sites (N-methyl/N-ethyl adjacent to an activating group) is 1. The van der Waals surface area contributed by atoms with Crippen LogP contribution in [0.4, 0.5) is 11.4 Å². The molecule has 2 amide bonds. The number of fused-ring (bicyclic) bond motifs is 1. The minimum Gasteiger partial charge on any atom is -0.326 e. The number of carbonyl (C=O) groups is 2. The van der Waals surface area contributed by atoms with Crippen molar-refractivity contribution in [1.29, 1.82) is 0 Å². The summed E-state index contributed by atoms with van der Waals surface area (Å²) in [4.78, 5) is 26.9. The van der Waals surface area contributed by atoms with E-state index in [-0.39, 0.29) is 35.7 Å². The summed E-state index contributed by atoms with van der Waals surface area (Å²) in [5, 5.41) is 2.93. The summed E-state index contributed by atoms with van der Waals surface area (Å²) in [7, 11) is -2.00. The summed E-state index contributed by atoms with van der Waals surface area (Å²) < 4.78 is 28.0. The number of hydrogen-bond acceptors (Lipinski definition) is 4. The quantitative estimate of drug-likeness (QED) is 0.767. The van der Waals surface area contributed by atoms with Gasteiger partial charge in [0.15, 0.2) is 0 Å². The first-order chi connectivity index (χ1) is 15.0. The van der Waals surface area contributed by atoms with Crippen molar-refractivity contribution in [3.8, 4) is 0 Å². The predicted molar refractivity (Wildman–Crippen MR) is 124 cm³/mol. The van der Waals surface area contributed by atoms with Gasteiger partial charge >= 0.3 is 0 Å². The number of carbonyl (C=O) groups excluding carboxylic acids is 2. The summed E-state index contributed by atoms with van der Waals surface area (Å²) in [6.07, 6.45) is 0.934. The fraction of sp³-hybridized carbons (Fsp3) is 0.417. The van der Waals surface area contributed by atoms with Crippen molar-refractivity contribution in [2.45, 2.75) is 43.9 Å². The predicted octanol–water partition coefficient (Wildman–Crippen LogP) is 3.29. The molecule has 1 saturated heterocycles. The lowest BCUT2D eigenvalue weighted by Crippen LogP contribution is -2.41. The molecule has 0 aromatic heterocycles. The molecule has 1 N–H and O–H groups in total. The summed E-state index contributed by atoms with van der Waals surface area (Å²) in [6, 6.07) is 12.5. The van der Waals surface area contributed by atoms with E-state index in [0.29, 0.717) is 12.8 Å². The van der Waals surface area contributed by atoms with Crippen LogP contribution in [-0.2, 0) is 25.0 Å². The second kappa shape index (κ2) is 8.01. The second-order valence-corrected chi connectivity index (χ2v) is 11.1. The average molecular weight is 456 g/mol. The molecular weight excluding hydrogens is 426 g/mol. The Bertz CT molecular complexity index is 1160. The number of rotatable bonds is 4. The maximum atomic E-state index is 13.3. The van der Waals surface area contributed by atoms with Gasteiger partial charge in [0.2, 0.25) is 21.8 Å². The Morgan fingerprint density at radius 3 is 2.31 bits per heavy atom. The molecule has 0 unspecified atom stereocenters. The van der Waals surface area contributed by atoms with Crippen LogP contribution in [0.2, 0.25) is 0 Å². The van der Waals surface area contributed by atoms with Crippen LogP contribution >= 0.6 is 0 Å². The highest BCUT2D eigenvalue weighted by molar-refractivity contribution is 7.89. The number of amides is 2. The first-order valence-corrected chi connectivity index (χ1v) is 12.3. The second-order valence-electron chi connectivity index (χ2n) is 9.20. The monoisotopic (exact) mass is 455 g/mol. The van der Waals surface area contributed by atoms with Crippen molar-refractivity contribution in [2.24, 2.45) is 5.92 Å². The molecule has 8 heteroatoms. The van der Waals surface area contributed by atoms with Crippen LogP contribution in [0.3, 0.4) is 0 Å². The minimum atomic E-state index is -3.71. The molecule has 2 heterocycles. The maximum absolute atomic E-state index is 13.3. The number of piperidine rings is 1. The van der Waals surface area contributed by atoms with Gasteiger partial charge in [-0.3, -0.25) is 9.59 Å². The number of aryl methyl sites for hydroxylation is 1. The molecule has 4 rings (SSSR count). The number of sulfonamides is 1. The van der Waals surface area contributed by atoms with Gasteiger partial charge in [-0.15, -0.1) is 0 Å². The van der Waals surface area contributed by atoms with Crippen LogP contribution < -0.4 is 10.2 Å². The zero-order valence-corrected chi connectivity index (χ0v) is 19.7. The highest BCUT2D eigenvalue weighted by Gasteiger charge is 2.43. The van der Waals surface area contributed by atoms with Gasteiger partial charge in [0, 0.05) is 37.4 Å². The first kappa shape index (κ1) is 22.5. The fourth-order valence-electron chi connectivity index (χ4n) is 4.50. The molecule has 0 spiro atoms. The average Bonchev–Trinajstić information content (AvgIpc) is 2.95. The summed E-state index contributed by atoms with van der Waals surface area (Å²) in [5.74, 6) is -0.359. The smallest absolute Gasteiger partial charge is 0.243 e. The van der Waals surface area contributed by atoms with Gasteiger partial charge in [-0.05, 0) is 69.5 Å². The lowest BCUT2D eigenvalue weighted by atomic mass is 9.86. The van der Waals surface area contributed by atoms with E-state index in [2.05, 4.69) is 5.32 Å². The van der Waals surface area contributed by atoms with Crippen LogP contribution in [0.1, 0.15) is 37.8 Å². The zero-order chi connectivity index (χ0) is 23.3. The van der Waals surface area contributed by atoms with Crippen molar-refractivity contribution < 1.29 is 18.0 Å². The Hall–Kier alpha value is -2.71. The van der Waals surface area contributed by atoms with Crippen molar-refractivity contribution in [1.82, 2.24) is 4.31 Å². The third-order valence-electron chi connectivity index (χ3n) is 6.62. The molecule has 0 saturated carbocycles. The molecule has 7 nitrogen and oxygen atoms in total. The third kappa shape index (κ3) is 3.82. The Kier molecular flexibility index (Phi) is 5.63. The van der Waals surface area contributed by atoms with Gasteiger partial charge < -0.3 is 10.2 Å². The lowest BCUT2D eigenvalue weighted by Gasteiger charge is -2.30. The number of hydrogen-bond donors (Lipinski definition) is 1. The van der Waals surface area contributed by atoms with Crippen molar-refractivity contribution in [3.05, 3.63) is 53.6 Å². The van der Waals surface area contributed by atoms with E-state index in [0.717, 1.165) is 22.5 Å². The van der Waals surface area contributed by atoms with E-state index in [1.165, 1.54) is 4.31 Å². The van der Waals surface area contributed by atoms with Gasteiger partial charge in [-0.25, -0.2) is 8.42 Å². The van der Waals surface area contributed by atoms with Crippen LogP contribution in [0.25, 0.3) is 0 Å². The van der Waals surface area contributed by atoms with Gasteiger partial charge in [-0.1, -0.05) is 17.7 Å². The summed E-state index contributed by atoms with van der Waals surface area (Å²) >= 11 is 0. The van der Waals surface area contributed by atoms with Crippen molar-refractivity contribution in [2.75, 3.05) is 30.4 Å². The topological polar surface area (TPSA) is 86.8 Å². The Balaban J connectivity index is 1.46. The van der Waals surface area contributed by atoms with E-state index >= 15 is 0 Å². The van der Waals surface area contributed by atoms with E-state index in [1.54, 1.807) is 30.1 Å². The maximum Gasteiger partial charge on any atom is 0.243 e. The van der Waals surface area contributed by atoms with Gasteiger partial charge in [-0.2, -0.15) is 4.31 Å². The lowest BCUT2D eigenvalue weighted by molar-refractivity contribution is -0.122. The molecule has 0 atom stereocenters. The molecule has 2 aliphatic heterocycles. The molecule has 0 aliphatic carbocycles. The fourth-order valence-corrected chi connectivity index (χ4v) is 6.00. The zero-order valence-electron chi connectivity index (χ0n) is 18.9. The Morgan fingerprint density at radius 1 is 1.06 bits per heavy atom. The van der Waals surface area contributed by atoms with Gasteiger partial charge in [0.05, 0.1) is 10.3 Å². The molecular formula is C24H29N3O4S. The third-order valence-corrected chi connectivity index (χ3v) is 8.52. The first-order valence-electron chi connectivity index (χ1n) is 10.8. The molecule has 2 aromatic rings. The van der Waals surface area contributed by atoms with Crippen LogP contribution in [-0.4, -0.2) is 44.7 Å². The number of nitrogens with one attached hydrogen (secondary N) is 1. The van der Waals surface area contributed by atoms with Crippen LogP contribution in [0, 0.1) is 12.8 Å². The largest absolute Gasteiger partial charge is 0.326 e. The normalized spacial score (nSPS) is 19.1. The highest BCUT2D eigenvalue weighted by Crippen LogP contribution is 2.42. The van der Waals surface area contributed by atoms with Crippen LogP contribution in [0.5, 0.6) is 0 Å². The van der Waals surface area contributed by atoms with E-state index in [1.807, 2.05) is 45.0 Å². The van der Waals surface area contributed by atoms with E-state index in [4.69, 9.17) is 0 Å². The molecule has 2 aromatic carbocycles. The summed E-state index contributed by atoms with van der Waals surface area (Å²) in [6.45, 7) is 6.18. The van der Waals surface area contributed by atoms with Gasteiger partial charge in [0.1, 0.15) is 0 Å². The van der Waals surface area contributed by atoms with Gasteiger partial charge in [0.25, 0.3) is 0 Å². The Labute approximate surface area is 189 Å². The molecule has 1 fully saturated rings. The highest BCUT2D eigenvalue weighted by atomic mass is 32.2. The number of nitrogens with zero attached hydrogens (tertiary/aromatic N) is 2. The van der Waals surface area contributed by atoms with Crippen molar-refractivity contribution in [3.63, 3.8) is 0 Å². The number of benzene rings is 2. The standard InChI is InChI=1S/C24H29N3O4S/c1-16-5-7-18(8-6-16)25-22(28)17-11-13-27(14-12-17)32(30,31)19-9-10-21-20(15-19)24(2,3)23(29)26(21)4/h5-10,15,17H,11-14H2,1-4H3,(H,25,28). The summed E-state index contributed by atoms with van der Waals surface area (Å²) in [5.41, 5.74) is 2.56. The Morgan fingerprint density at radius 2 is 1.69 bits per heavy atom. The molecule has 0 bridgehead atoms. The van der Waals surface area contributed by atoms with Crippen molar-refractivity contribution >= 4 is 33.2 Å². The SMILES string of the molecule is Cc1ccc(NC(=O)C2CCN(S(=O)(=O)c3ccc4c(c3)C(C)(C)C(=O)N4C)CC2)cc1.